The predicted octanol–water partition coefficient (Wildman–Crippen LogP) is 2.39. The van der Waals surface area contributed by atoms with E-state index in [0.29, 0.717) is 20.9 Å². The maximum absolute atomic E-state index is 11.7. The van der Waals surface area contributed by atoms with Gasteiger partial charge in [-0.15, -0.1) is 0 Å². The fraction of sp³-hybridized carbons (Fsp3) is 0. The molecule has 0 aliphatic heterocycles. The third-order valence-electron chi connectivity index (χ3n) is 2.12. The molecule has 1 aromatic carbocycles. The van der Waals surface area contributed by atoms with E-state index >= 15 is 0 Å². The highest BCUT2D eigenvalue weighted by Crippen LogP contribution is 2.13. The second kappa shape index (κ2) is 5.67. The molecule has 0 atom stereocenters. The van der Waals surface area contributed by atoms with Crippen LogP contribution >= 0.6 is 22.6 Å². The van der Waals surface area contributed by atoms with Crippen molar-refractivity contribution < 1.29 is 9.21 Å². The summed E-state index contributed by atoms with van der Waals surface area (Å²) < 4.78 is 5.69. The zero-order chi connectivity index (χ0) is 13.0. The van der Waals surface area contributed by atoms with E-state index in [4.69, 9.17) is 10.2 Å². The Morgan fingerprint density at radius 3 is 2.56 bits per heavy atom. The molecule has 1 amide bonds. The fourth-order valence-electron chi connectivity index (χ4n) is 1.27. The Balaban J connectivity index is 2.05. The molecular formula is C12H10IN3O2. The molecule has 0 saturated carbocycles. The number of hydrogen-bond acceptors (Lipinski definition) is 4. The Hall–Kier alpha value is -1.83. The third-order valence-corrected chi connectivity index (χ3v) is 2.89. The number of hydrazone groups is 1. The Bertz CT molecular complexity index is 578. The highest BCUT2D eigenvalue weighted by Gasteiger charge is 2.07. The number of furan rings is 1. The Kier molecular flexibility index (Phi) is 3.98. The van der Waals surface area contributed by atoms with Crippen molar-refractivity contribution in [1.82, 2.24) is 5.43 Å². The largest absolute Gasteiger partial charge is 0.439 e. The molecule has 18 heavy (non-hydrogen) atoms. The normalized spacial score (nSPS) is 11.3. The van der Waals surface area contributed by atoms with Gasteiger partial charge in [0, 0.05) is 11.6 Å². The van der Waals surface area contributed by atoms with Gasteiger partial charge in [-0.05, 0) is 40.8 Å². The molecule has 0 unspecified atom stereocenters. The van der Waals surface area contributed by atoms with E-state index in [1.807, 2.05) is 28.7 Å². The zero-order valence-corrected chi connectivity index (χ0v) is 11.4. The van der Waals surface area contributed by atoms with Crippen LogP contribution in [0.1, 0.15) is 16.1 Å². The molecule has 0 aliphatic rings. The number of anilines is 1. The molecular weight excluding hydrogens is 345 g/mol. The van der Waals surface area contributed by atoms with Crippen molar-refractivity contribution in [2.75, 3.05) is 5.73 Å². The molecule has 5 nitrogen and oxygen atoms in total. The molecule has 3 N–H and O–H groups in total. The third kappa shape index (κ3) is 3.10. The summed E-state index contributed by atoms with van der Waals surface area (Å²) >= 11 is 1.96. The van der Waals surface area contributed by atoms with Crippen molar-refractivity contribution in [3.05, 3.63) is 53.8 Å². The second-order valence-electron chi connectivity index (χ2n) is 3.41. The average molecular weight is 355 g/mol. The van der Waals surface area contributed by atoms with Crippen LogP contribution in [0.5, 0.6) is 0 Å². The van der Waals surface area contributed by atoms with E-state index < -0.39 is 0 Å². The van der Waals surface area contributed by atoms with Crippen molar-refractivity contribution in [2.45, 2.75) is 0 Å². The first-order valence-corrected chi connectivity index (χ1v) is 6.19. The van der Waals surface area contributed by atoms with Gasteiger partial charge < -0.3 is 10.2 Å². The van der Waals surface area contributed by atoms with Gasteiger partial charge in [0.2, 0.25) is 0 Å². The molecule has 2 rings (SSSR count). The smallest absolute Gasteiger partial charge is 0.271 e. The van der Waals surface area contributed by atoms with Crippen molar-refractivity contribution in [2.24, 2.45) is 5.10 Å². The number of benzene rings is 1. The standard InChI is InChI=1S/C12H10IN3O2/c13-11(9-6-7-10(14)18-9)15-16-12(17)8-4-2-1-3-5-8/h1-7H,14H2,(H,16,17)/b15-11-. The van der Waals surface area contributed by atoms with Crippen molar-refractivity contribution >= 4 is 38.1 Å². The van der Waals surface area contributed by atoms with Gasteiger partial charge in [-0.1, -0.05) is 18.2 Å². The topological polar surface area (TPSA) is 80.6 Å². The lowest BCUT2D eigenvalue weighted by atomic mass is 10.2. The Labute approximate surface area is 117 Å². The number of amides is 1. The number of rotatable bonds is 3. The number of carbonyl (C=O) groups is 1. The minimum Gasteiger partial charge on any atom is -0.439 e. The first-order valence-electron chi connectivity index (χ1n) is 5.11. The van der Waals surface area contributed by atoms with Crippen molar-refractivity contribution in [1.29, 1.82) is 0 Å². The van der Waals surface area contributed by atoms with Crippen LogP contribution in [0.3, 0.4) is 0 Å². The van der Waals surface area contributed by atoms with E-state index in [0.717, 1.165) is 0 Å². The summed E-state index contributed by atoms with van der Waals surface area (Å²) in [5.74, 6) is 0.550. The monoisotopic (exact) mass is 355 g/mol. The quantitative estimate of drug-likeness (QED) is 0.504. The number of hydrogen-bond donors (Lipinski definition) is 2. The first-order chi connectivity index (χ1) is 8.66. The summed E-state index contributed by atoms with van der Waals surface area (Å²) in [6, 6.07) is 12.2. The summed E-state index contributed by atoms with van der Waals surface area (Å²) in [5.41, 5.74) is 8.44. The maximum atomic E-state index is 11.7. The van der Waals surface area contributed by atoms with E-state index in [2.05, 4.69) is 10.5 Å². The minimum absolute atomic E-state index is 0.274. The summed E-state index contributed by atoms with van der Waals surface area (Å²) in [7, 11) is 0. The van der Waals surface area contributed by atoms with Crippen LogP contribution in [0.25, 0.3) is 0 Å². The fourth-order valence-corrected chi connectivity index (χ4v) is 1.68. The molecule has 1 heterocycles. The van der Waals surface area contributed by atoms with E-state index in [1.54, 1.807) is 36.4 Å². The molecule has 2 aromatic rings. The minimum atomic E-state index is -0.274. The SMILES string of the molecule is Nc1ccc(/C(I)=N/NC(=O)c2ccccc2)o1. The average Bonchev–Trinajstić information content (AvgIpc) is 2.83. The van der Waals surface area contributed by atoms with Crippen LogP contribution in [-0.4, -0.2) is 9.63 Å². The molecule has 0 saturated heterocycles. The van der Waals surface area contributed by atoms with Crippen LogP contribution in [-0.2, 0) is 0 Å². The second-order valence-corrected chi connectivity index (χ2v) is 4.43. The van der Waals surface area contributed by atoms with E-state index in [1.165, 1.54) is 0 Å². The molecule has 92 valence electrons. The molecule has 0 bridgehead atoms. The Morgan fingerprint density at radius 2 is 1.94 bits per heavy atom. The molecule has 1 aromatic heterocycles. The van der Waals surface area contributed by atoms with Crippen LogP contribution in [0, 0.1) is 0 Å². The number of nitrogen functional groups attached to an aromatic ring is 1. The van der Waals surface area contributed by atoms with Gasteiger partial charge in [-0.2, -0.15) is 5.10 Å². The molecule has 0 spiro atoms. The lowest BCUT2D eigenvalue weighted by Crippen LogP contribution is -2.18. The Morgan fingerprint density at radius 1 is 1.22 bits per heavy atom. The van der Waals surface area contributed by atoms with Crippen LogP contribution < -0.4 is 11.2 Å². The number of nitrogens with one attached hydrogen (secondary N) is 1. The molecule has 0 radical (unpaired) electrons. The summed E-state index contributed by atoms with van der Waals surface area (Å²) in [6.45, 7) is 0. The number of nitrogens with two attached hydrogens (primary N) is 1. The molecule has 0 aliphatic carbocycles. The van der Waals surface area contributed by atoms with Gasteiger partial charge in [0.15, 0.2) is 15.4 Å². The first kappa shape index (κ1) is 12.6. The highest BCUT2D eigenvalue weighted by molar-refractivity contribution is 14.1. The lowest BCUT2D eigenvalue weighted by Gasteiger charge is -1.99. The van der Waals surface area contributed by atoms with Gasteiger partial charge in [0.1, 0.15) is 0 Å². The van der Waals surface area contributed by atoms with Crippen LogP contribution in [0.4, 0.5) is 5.88 Å². The van der Waals surface area contributed by atoms with Gasteiger partial charge in [0.25, 0.3) is 5.91 Å². The summed E-state index contributed by atoms with van der Waals surface area (Å²) in [4.78, 5) is 11.7. The van der Waals surface area contributed by atoms with E-state index in [9.17, 15) is 4.79 Å². The van der Waals surface area contributed by atoms with Gasteiger partial charge in [-0.25, -0.2) is 5.43 Å². The number of carbonyl (C=O) groups excluding carboxylic acids is 1. The zero-order valence-electron chi connectivity index (χ0n) is 9.26. The van der Waals surface area contributed by atoms with Crippen LogP contribution in [0.15, 0.2) is 52.0 Å². The number of halogens is 1. The molecule has 6 heteroatoms. The van der Waals surface area contributed by atoms with Gasteiger partial charge in [0.05, 0.1) is 0 Å². The van der Waals surface area contributed by atoms with Crippen LogP contribution in [0.2, 0.25) is 0 Å². The van der Waals surface area contributed by atoms with Gasteiger partial charge >= 0.3 is 0 Å². The molecule has 0 fully saturated rings. The summed E-state index contributed by atoms with van der Waals surface area (Å²) in [6.07, 6.45) is 0. The van der Waals surface area contributed by atoms with Crippen molar-refractivity contribution in [3.63, 3.8) is 0 Å². The lowest BCUT2D eigenvalue weighted by molar-refractivity contribution is 0.0955. The maximum Gasteiger partial charge on any atom is 0.271 e. The van der Waals surface area contributed by atoms with Gasteiger partial charge in [-0.3, -0.25) is 4.79 Å². The predicted molar refractivity (Wildman–Crippen MR) is 77.6 cm³/mol. The number of nitrogens with zero attached hydrogens (tertiary/aromatic N) is 1. The summed E-state index contributed by atoms with van der Waals surface area (Å²) in [5, 5.41) is 3.94. The highest BCUT2D eigenvalue weighted by atomic mass is 127. The van der Waals surface area contributed by atoms with Crippen molar-refractivity contribution in [3.8, 4) is 0 Å². The van der Waals surface area contributed by atoms with E-state index in [-0.39, 0.29) is 5.91 Å².